The number of H-pyrrole nitrogens is 2. The maximum absolute atomic E-state index is 12.7. The highest BCUT2D eigenvalue weighted by Gasteiger charge is 2.20. The van der Waals surface area contributed by atoms with Crippen molar-refractivity contribution < 1.29 is 63.2 Å². The minimum absolute atomic E-state index is 0.000726. The standard InChI is InChI=1S/C21H24N4O7S.C18H19N3O7S/c1-29-21(26)24-20-22-18-7-4-16(14-19(18)23-20)32-33(27,28)17-5-2-15(3-6-17)31-13-10-25-8-11-30-12-9-25;1-25-9-10-27-12-3-6-14(7-4-12)29(23,24)28-13-5-8-15-16(11-13)20-17(19-15)21-18(22)26-2/h2-7,14H,8-13H2,1H3,(H2,22,23,24,26);3-8,11H,9-10H2,1-2H3,(H2,19,20,21,22). The molecule has 0 unspecified atom stereocenters. The minimum Gasteiger partial charge on any atom is -0.492 e. The number of ether oxygens (including phenoxy) is 6. The number of aromatic nitrogens is 4. The lowest BCUT2D eigenvalue weighted by Gasteiger charge is -2.26. The van der Waals surface area contributed by atoms with Crippen molar-refractivity contribution >= 4 is 66.4 Å². The van der Waals surface area contributed by atoms with Crippen molar-refractivity contribution in [3.05, 3.63) is 84.9 Å². The van der Waals surface area contributed by atoms with Crippen LogP contribution in [0, 0.1) is 0 Å². The van der Waals surface area contributed by atoms with Gasteiger partial charge >= 0.3 is 32.4 Å². The maximum Gasteiger partial charge on any atom is 0.413 e. The monoisotopic (exact) mass is 897 g/mol. The van der Waals surface area contributed by atoms with Crippen molar-refractivity contribution in [2.24, 2.45) is 0 Å². The average molecular weight is 898 g/mol. The normalized spacial score (nSPS) is 13.1. The van der Waals surface area contributed by atoms with Gasteiger partial charge in [0.2, 0.25) is 11.9 Å². The molecule has 4 aromatic carbocycles. The number of amides is 2. The summed E-state index contributed by atoms with van der Waals surface area (Å²) in [7, 11) is -4.07. The molecule has 3 heterocycles. The van der Waals surface area contributed by atoms with E-state index in [1.807, 2.05) is 0 Å². The number of imidazole rings is 2. The third kappa shape index (κ3) is 12.4. The maximum atomic E-state index is 12.7. The zero-order valence-electron chi connectivity index (χ0n) is 33.6. The second-order valence-corrected chi connectivity index (χ2v) is 16.0. The molecule has 1 aliphatic rings. The lowest BCUT2D eigenvalue weighted by molar-refractivity contribution is 0.0322. The first-order valence-corrected chi connectivity index (χ1v) is 21.5. The van der Waals surface area contributed by atoms with E-state index in [0.29, 0.717) is 53.4 Å². The van der Waals surface area contributed by atoms with Gasteiger partial charge in [-0.1, -0.05) is 0 Å². The van der Waals surface area contributed by atoms with Crippen molar-refractivity contribution in [3.8, 4) is 23.0 Å². The van der Waals surface area contributed by atoms with Gasteiger partial charge in [0.15, 0.2) is 0 Å². The molecule has 0 saturated carbocycles. The van der Waals surface area contributed by atoms with Crippen LogP contribution in [0.3, 0.4) is 0 Å². The lowest BCUT2D eigenvalue weighted by Crippen LogP contribution is -2.38. The molecule has 2 aromatic heterocycles. The Morgan fingerprint density at radius 3 is 1.50 bits per heavy atom. The van der Waals surface area contributed by atoms with Crippen LogP contribution in [-0.2, 0) is 39.2 Å². The summed E-state index contributed by atoms with van der Waals surface area (Å²) in [5.41, 5.74) is 1.99. The highest BCUT2D eigenvalue weighted by atomic mass is 32.2. The van der Waals surface area contributed by atoms with E-state index in [-0.39, 0.29) is 33.2 Å². The molecule has 0 radical (unpaired) electrons. The SMILES string of the molecule is COC(=O)Nc1nc2ccc(OS(=O)(=O)c3ccc(OCCN4CCOCC4)cc3)cc2[nH]1.COCCOc1ccc(S(=O)(=O)Oc2ccc3nc(NC(=O)OC)[nH]c3c2)cc1. The summed E-state index contributed by atoms with van der Waals surface area (Å²) >= 11 is 0. The van der Waals surface area contributed by atoms with Crippen LogP contribution in [0.25, 0.3) is 22.1 Å². The number of fused-ring (bicyclic) bond motifs is 2. The number of benzene rings is 4. The number of rotatable bonds is 16. The number of aromatic amines is 2. The number of morpholine rings is 1. The van der Waals surface area contributed by atoms with E-state index in [1.54, 1.807) is 31.4 Å². The van der Waals surface area contributed by atoms with Gasteiger partial charge in [0.05, 0.1) is 56.1 Å². The quantitative estimate of drug-likeness (QED) is 0.0754. The smallest absolute Gasteiger partial charge is 0.413 e. The van der Waals surface area contributed by atoms with Gasteiger partial charge in [-0.15, -0.1) is 0 Å². The molecule has 1 aliphatic heterocycles. The fraction of sp³-hybridized carbons (Fsp3) is 0.282. The predicted molar refractivity (Wildman–Crippen MR) is 223 cm³/mol. The van der Waals surface area contributed by atoms with Gasteiger partial charge in [-0.25, -0.2) is 19.6 Å². The number of anilines is 2. The van der Waals surface area contributed by atoms with Crippen LogP contribution in [0.2, 0.25) is 0 Å². The van der Waals surface area contributed by atoms with Crippen LogP contribution >= 0.6 is 0 Å². The highest BCUT2D eigenvalue weighted by Crippen LogP contribution is 2.27. The largest absolute Gasteiger partial charge is 0.492 e. The van der Waals surface area contributed by atoms with E-state index in [9.17, 15) is 26.4 Å². The number of nitrogens with zero attached hydrogens (tertiary/aromatic N) is 3. The number of hydrogen-bond acceptors (Lipinski definition) is 17. The van der Waals surface area contributed by atoms with Crippen LogP contribution in [-0.4, -0.2) is 128 Å². The van der Waals surface area contributed by atoms with Crippen LogP contribution in [0.15, 0.2) is 94.7 Å². The van der Waals surface area contributed by atoms with Crippen LogP contribution < -0.4 is 28.5 Å². The Hall–Kier alpha value is -6.66. The molecule has 0 aliphatic carbocycles. The van der Waals surface area contributed by atoms with Gasteiger partial charge in [0.25, 0.3) is 0 Å². The van der Waals surface area contributed by atoms with Crippen molar-refractivity contribution in [2.45, 2.75) is 9.79 Å². The van der Waals surface area contributed by atoms with Crippen LogP contribution in [0.5, 0.6) is 23.0 Å². The highest BCUT2D eigenvalue weighted by molar-refractivity contribution is 7.87. The average Bonchev–Trinajstić information content (AvgIpc) is 3.86. The van der Waals surface area contributed by atoms with E-state index >= 15 is 0 Å². The fourth-order valence-electron chi connectivity index (χ4n) is 5.61. The Morgan fingerprint density at radius 1 is 0.629 bits per heavy atom. The Balaban J connectivity index is 0.000000209. The zero-order chi connectivity index (χ0) is 44.1. The van der Waals surface area contributed by atoms with Gasteiger partial charge in [-0.2, -0.15) is 16.8 Å². The fourth-order valence-corrected chi connectivity index (χ4v) is 7.46. The number of nitrogens with one attached hydrogen (secondary N) is 4. The summed E-state index contributed by atoms with van der Waals surface area (Å²) < 4.78 is 91.2. The number of hydrogen-bond donors (Lipinski definition) is 4. The molecule has 330 valence electrons. The molecule has 1 fully saturated rings. The molecule has 2 amide bonds. The van der Waals surface area contributed by atoms with E-state index < -0.39 is 32.4 Å². The topological polar surface area (TPSA) is 261 Å². The van der Waals surface area contributed by atoms with Crippen molar-refractivity contribution in [3.63, 3.8) is 0 Å². The first-order valence-electron chi connectivity index (χ1n) is 18.7. The van der Waals surface area contributed by atoms with Gasteiger partial charge in [0.1, 0.15) is 46.0 Å². The molecular formula is C39H43N7O14S2. The Labute approximate surface area is 355 Å². The summed E-state index contributed by atoms with van der Waals surface area (Å²) in [6.07, 6.45) is -1.36. The van der Waals surface area contributed by atoms with Gasteiger partial charge in [-0.05, 0) is 72.8 Å². The Morgan fingerprint density at radius 2 is 1.06 bits per heavy atom. The molecule has 0 atom stereocenters. The molecule has 21 nitrogen and oxygen atoms in total. The predicted octanol–water partition coefficient (Wildman–Crippen LogP) is 4.75. The number of methoxy groups -OCH3 is 3. The molecule has 62 heavy (non-hydrogen) atoms. The van der Waals surface area contributed by atoms with Crippen LogP contribution in [0.4, 0.5) is 21.5 Å². The summed E-state index contributed by atoms with van der Waals surface area (Å²) in [5.74, 6) is 1.61. The summed E-state index contributed by atoms with van der Waals surface area (Å²) in [4.78, 5) is 38.8. The second-order valence-electron chi connectivity index (χ2n) is 12.9. The molecular weight excluding hydrogens is 855 g/mol. The summed E-state index contributed by atoms with van der Waals surface area (Å²) in [6.45, 7) is 5.28. The third-order valence-corrected chi connectivity index (χ3v) is 11.2. The van der Waals surface area contributed by atoms with Crippen molar-refractivity contribution in [2.75, 3.05) is 84.6 Å². The number of carbonyl (C=O) groups excluding carboxylic acids is 2. The van der Waals surface area contributed by atoms with Crippen molar-refractivity contribution in [1.29, 1.82) is 0 Å². The van der Waals surface area contributed by atoms with Gasteiger partial charge < -0.3 is 46.8 Å². The Bertz CT molecular complexity index is 2670. The van der Waals surface area contributed by atoms with E-state index in [1.165, 1.54) is 74.9 Å². The first kappa shape index (κ1) is 44.9. The number of carbonyl (C=O) groups is 2. The second kappa shape index (κ2) is 20.7. The summed E-state index contributed by atoms with van der Waals surface area (Å²) in [6, 6.07) is 20.9. The van der Waals surface area contributed by atoms with E-state index in [0.717, 1.165) is 32.8 Å². The molecule has 7 rings (SSSR count). The molecule has 6 aromatic rings. The molecule has 0 spiro atoms. The minimum atomic E-state index is -4.05. The molecule has 1 saturated heterocycles. The van der Waals surface area contributed by atoms with Crippen LogP contribution in [0.1, 0.15) is 0 Å². The zero-order valence-corrected chi connectivity index (χ0v) is 35.2. The molecule has 4 N–H and O–H groups in total. The Kier molecular flexibility index (Phi) is 15.0. The molecule has 0 bridgehead atoms. The van der Waals surface area contributed by atoms with Gasteiger partial charge in [0, 0.05) is 38.9 Å². The van der Waals surface area contributed by atoms with Gasteiger partial charge in [-0.3, -0.25) is 15.5 Å². The van der Waals surface area contributed by atoms with E-state index in [2.05, 4.69) is 44.9 Å². The summed E-state index contributed by atoms with van der Waals surface area (Å²) in [5, 5.41) is 4.80. The lowest BCUT2D eigenvalue weighted by atomic mass is 10.3. The molecule has 23 heteroatoms. The van der Waals surface area contributed by atoms with Crippen molar-refractivity contribution in [1.82, 2.24) is 24.8 Å². The van der Waals surface area contributed by atoms with E-state index in [4.69, 9.17) is 27.3 Å². The third-order valence-electron chi connectivity index (χ3n) is 8.69. The first-order chi connectivity index (χ1) is 29.8.